The first-order valence-corrected chi connectivity index (χ1v) is 13.8. The van der Waals surface area contributed by atoms with Crippen LogP contribution in [0, 0.1) is 17.9 Å². The summed E-state index contributed by atoms with van der Waals surface area (Å²) in [5.41, 5.74) is 9.51. The Balaban J connectivity index is 1.45. The lowest BCUT2D eigenvalue weighted by atomic mass is 9.98. The lowest BCUT2D eigenvalue weighted by molar-refractivity contribution is 1.18. The van der Waals surface area contributed by atoms with Gasteiger partial charge in [0.1, 0.15) is 0 Å². The van der Waals surface area contributed by atoms with Gasteiger partial charge in [-0.25, -0.2) is 4.85 Å². The molecule has 0 atom stereocenters. The molecule has 6 aromatic carbocycles. The van der Waals surface area contributed by atoms with Crippen molar-refractivity contribution in [1.82, 2.24) is 9.13 Å². The first kappa shape index (κ1) is 23.8. The first-order valence-electron chi connectivity index (χ1n) is 13.8. The summed E-state index contributed by atoms with van der Waals surface area (Å²) in [6.45, 7) is 7.62. The van der Waals surface area contributed by atoms with E-state index in [1.807, 2.05) is 24.3 Å². The van der Waals surface area contributed by atoms with Crippen LogP contribution < -0.4 is 0 Å². The van der Waals surface area contributed by atoms with Crippen LogP contribution in [-0.2, 0) is 0 Å². The summed E-state index contributed by atoms with van der Waals surface area (Å²) < 4.78 is 4.51. The Bertz CT molecular complexity index is 2400. The van der Waals surface area contributed by atoms with Gasteiger partial charge in [-0.05, 0) is 65.7 Å². The second-order valence-corrected chi connectivity index (χ2v) is 10.4. The number of nitriles is 1. The fourth-order valence-electron chi connectivity index (χ4n) is 6.38. The Morgan fingerprint density at radius 2 is 1.21 bits per heavy atom. The van der Waals surface area contributed by atoms with E-state index >= 15 is 0 Å². The number of nitrogens with zero attached hydrogens (tertiary/aromatic N) is 4. The third-order valence-electron chi connectivity index (χ3n) is 8.12. The van der Waals surface area contributed by atoms with E-state index in [0.29, 0.717) is 11.3 Å². The van der Waals surface area contributed by atoms with Crippen molar-refractivity contribution in [2.24, 2.45) is 0 Å². The first-order chi connectivity index (χ1) is 20.7. The van der Waals surface area contributed by atoms with Crippen LogP contribution in [0.4, 0.5) is 5.69 Å². The fraction of sp³-hybridized carbons (Fsp3) is 0. The highest BCUT2D eigenvalue weighted by molar-refractivity contribution is 6.17. The average Bonchev–Trinajstić information content (AvgIpc) is 3.57. The number of aromatic nitrogens is 2. The predicted molar refractivity (Wildman–Crippen MR) is 172 cm³/mol. The number of hydrogen-bond acceptors (Lipinski definition) is 1. The summed E-state index contributed by atoms with van der Waals surface area (Å²) in [6.07, 6.45) is 0. The molecular formula is C38H22N4. The van der Waals surface area contributed by atoms with E-state index in [0.717, 1.165) is 49.8 Å². The maximum atomic E-state index is 9.71. The van der Waals surface area contributed by atoms with E-state index < -0.39 is 0 Å². The van der Waals surface area contributed by atoms with Crippen LogP contribution in [0.2, 0.25) is 0 Å². The van der Waals surface area contributed by atoms with Crippen molar-refractivity contribution < 1.29 is 0 Å². The maximum absolute atomic E-state index is 9.71. The molecule has 2 aromatic heterocycles. The molecule has 0 bridgehead atoms. The minimum absolute atomic E-state index is 0.449. The van der Waals surface area contributed by atoms with Gasteiger partial charge in [-0.3, -0.25) is 0 Å². The molecule has 0 unspecified atom stereocenters. The number of hydrogen-bond donors (Lipinski definition) is 0. The van der Waals surface area contributed by atoms with Crippen molar-refractivity contribution in [2.75, 3.05) is 0 Å². The van der Waals surface area contributed by atoms with Crippen molar-refractivity contribution in [3.63, 3.8) is 0 Å². The zero-order chi connectivity index (χ0) is 28.2. The Kier molecular flexibility index (Phi) is 5.22. The molecule has 0 spiro atoms. The van der Waals surface area contributed by atoms with Crippen LogP contribution in [0.3, 0.4) is 0 Å². The molecule has 0 fully saturated rings. The number of para-hydroxylation sites is 3. The summed E-state index contributed by atoms with van der Waals surface area (Å²) in [4.78, 5) is 3.65. The SMILES string of the molecule is [C-]#[N+]c1cc(C#N)cc(-n2c3ccccc3c3ccc(-c4cccc5c4c4ccccc4n5-c4ccccc4)cc32)c1. The van der Waals surface area contributed by atoms with E-state index in [9.17, 15) is 5.26 Å². The van der Waals surface area contributed by atoms with Gasteiger partial charge in [-0.15, -0.1) is 0 Å². The van der Waals surface area contributed by atoms with Crippen molar-refractivity contribution in [3.05, 3.63) is 150 Å². The third-order valence-corrected chi connectivity index (χ3v) is 8.12. The zero-order valence-electron chi connectivity index (χ0n) is 22.5. The molecule has 42 heavy (non-hydrogen) atoms. The van der Waals surface area contributed by atoms with Gasteiger partial charge in [0.2, 0.25) is 0 Å². The summed E-state index contributed by atoms with van der Waals surface area (Å²) in [6, 6.07) is 48.2. The summed E-state index contributed by atoms with van der Waals surface area (Å²) >= 11 is 0. The lowest BCUT2D eigenvalue weighted by Crippen LogP contribution is -1.95. The number of benzene rings is 6. The normalized spacial score (nSPS) is 11.3. The Labute approximate surface area is 242 Å². The zero-order valence-corrected chi connectivity index (χ0v) is 22.5. The molecule has 8 rings (SSSR count). The number of fused-ring (bicyclic) bond motifs is 6. The van der Waals surface area contributed by atoms with Crippen LogP contribution in [0.5, 0.6) is 0 Å². The van der Waals surface area contributed by atoms with Crippen molar-refractivity contribution in [3.8, 4) is 28.6 Å². The molecule has 0 aliphatic heterocycles. The van der Waals surface area contributed by atoms with Crippen LogP contribution in [0.1, 0.15) is 5.56 Å². The highest BCUT2D eigenvalue weighted by Gasteiger charge is 2.18. The summed E-state index contributed by atoms with van der Waals surface area (Å²) in [5, 5.41) is 14.4. The largest absolute Gasteiger partial charge is 0.310 e. The molecule has 0 aliphatic rings. The maximum Gasteiger partial charge on any atom is 0.190 e. The molecule has 0 radical (unpaired) electrons. The van der Waals surface area contributed by atoms with Gasteiger partial charge in [-0.1, -0.05) is 78.9 Å². The van der Waals surface area contributed by atoms with Crippen molar-refractivity contribution in [2.45, 2.75) is 0 Å². The van der Waals surface area contributed by atoms with Gasteiger partial charge in [0.25, 0.3) is 0 Å². The van der Waals surface area contributed by atoms with Crippen LogP contribution in [-0.4, -0.2) is 9.13 Å². The summed E-state index contributed by atoms with van der Waals surface area (Å²) in [5.74, 6) is 0. The van der Waals surface area contributed by atoms with Gasteiger partial charge < -0.3 is 9.13 Å². The average molecular weight is 535 g/mol. The highest BCUT2D eigenvalue weighted by atomic mass is 15.0. The van der Waals surface area contributed by atoms with E-state index in [-0.39, 0.29) is 0 Å². The highest BCUT2D eigenvalue weighted by Crippen LogP contribution is 2.41. The molecule has 0 amide bonds. The third kappa shape index (κ3) is 3.47. The van der Waals surface area contributed by atoms with Crippen molar-refractivity contribution in [1.29, 1.82) is 5.26 Å². The topological polar surface area (TPSA) is 38.0 Å². The van der Waals surface area contributed by atoms with Crippen LogP contribution in [0.15, 0.2) is 133 Å². The molecule has 194 valence electrons. The second kappa shape index (κ2) is 9.24. The fourth-order valence-corrected chi connectivity index (χ4v) is 6.38. The predicted octanol–water partition coefficient (Wildman–Crippen LogP) is 9.97. The second-order valence-electron chi connectivity index (χ2n) is 10.4. The summed E-state index contributed by atoms with van der Waals surface area (Å²) in [7, 11) is 0. The Hall–Kier alpha value is -6.10. The van der Waals surface area contributed by atoms with Gasteiger partial charge in [0, 0.05) is 38.5 Å². The molecule has 0 aliphatic carbocycles. The lowest BCUT2D eigenvalue weighted by Gasteiger charge is -2.11. The number of rotatable bonds is 3. The standard InChI is InChI=1S/C38H22N4/c1-40-27-20-25(24-39)21-29(23-27)42-34-15-7-5-12-31(34)32-19-18-26(22-37(32)42)30-14-9-17-36-38(30)33-13-6-8-16-35(33)41(36)28-10-3-2-4-11-28/h2-23H. The van der Waals surface area contributed by atoms with Crippen LogP contribution >= 0.6 is 0 Å². The monoisotopic (exact) mass is 534 g/mol. The van der Waals surface area contributed by atoms with Gasteiger partial charge in [0.15, 0.2) is 5.69 Å². The van der Waals surface area contributed by atoms with Gasteiger partial charge >= 0.3 is 0 Å². The molecule has 0 saturated heterocycles. The molecule has 4 nitrogen and oxygen atoms in total. The smallest absolute Gasteiger partial charge is 0.190 e. The molecule has 4 heteroatoms. The van der Waals surface area contributed by atoms with E-state index in [1.165, 1.54) is 16.3 Å². The molecular weight excluding hydrogens is 512 g/mol. The van der Waals surface area contributed by atoms with E-state index in [4.69, 9.17) is 6.57 Å². The molecule has 0 N–H and O–H groups in total. The van der Waals surface area contributed by atoms with Crippen molar-refractivity contribution >= 4 is 49.3 Å². The Morgan fingerprint density at radius 3 is 2.00 bits per heavy atom. The Morgan fingerprint density at radius 1 is 0.548 bits per heavy atom. The minimum atomic E-state index is 0.449. The molecule has 8 aromatic rings. The van der Waals surface area contributed by atoms with Gasteiger partial charge in [0.05, 0.1) is 34.7 Å². The quantitative estimate of drug-likeness (QED) is 0.208. The van der Waals surface area contributed by atoms with Gasteiger partial charge in [-0.2, -0.15) is 5.26 Å². The minimum Gasteiger partial charge on any atom is -0.310 e. The van der Waals surface area contributed by atoms with Crippen LogP contribution in [0.25, 0.3) is 71.0 Å². The van der Waals surface area contributed by atoms with E-state index in [1.54, 1.807) is 6.07 Å². The molecule has 2 heterocycles. The molecule has 0 saturated carbocycles. The van der Waals surface area contributed by atoms with E-state index in [2.05, 4.69) is 123 Å².